The number of hydrogen-bond donors (Lipinski definition) is 3. The summed E-state index contributed by atoms with van der Waals surface area (Å²) in [6.45, 7) is 4.54. The van der Waals surface area contributed by atoms with Gasteiger partial charge in [0, 0.05) is 25.7 Å². The van der Waals surface area contributed by atoms with E-state index in [2.05, 4.69) is 149 Å². The fourth-order valence-corrected chi connectivity index (χ4v) is 12.0. The predicted molar refractivity (Wildman–Crippen MR) is 418 cm³/mol. The Morgan fingerprint density at radius 3 is 0.833 bits per heavy atom. The highest BCUT2D eigenvalue weighted by Crippen LogP contribution is 2.45. The van der Waals surface area contributed by atoms with Gasteiger partial charge in [-0.15, -0.1) is 0 Å². The van der Waals surface area contributed by atoms with E-state index in [4.69, 9.17) is 37.0 Å². The molecule has 102 heavy (non-hydrogen) atoms. The first-order valence-electron chi connectivity index (χ1n) is 39.8. The number of unbranched alkanes of at least 4 members (excludes halogenated alkanes) is 28. The van der Waals surface area contributed by atoms with Crippen LogP contribution in [-0.4, -0.2) is 96.7 Å². The van der Waals surface area contributed by atoms with E-state index in [9.17, 15) is 43.2 Å². The number of aliphatic hydroxyl groups excluding tert-OH is 1. The van der Waals surface area contributed by atoms with E-state index < -0.39 is 97.5 Å². The van der Waals surface area contributed by atoms with Gasteiger partial charge in [-0.2, -0.15) is 0 Å². The zero-order valence-electron chi connectivity index (χ0n) is 64.0. The van der Waals surface area contributed by atoms with Crippen LogP contribution in [0, 0.1) is 0 Å². The minimum atomic E-state index is -4.99. The molecule has 0 bridgehead atoms. The maximum atomic E-state index is 13.1. The van der Waals surface area contributed by atoms with Gasteiger partial charge in [0.15, 0.2) is 12.2 Å². The Morgan fingerprint density at radius 2 is 0.529 bits per heavy atom. The molecule has 17 nitrogen and oxygen atoms in total. The summed E-state index contributed by atoms with van der Waals surface area (Å²) in [6.07, 6.45) is 81.7. The van der Waals surface area contributed by atoms with Gasteiger partial charge in [-0.25, -0.2) is 9.13 Å². The van der Waals surface area contributed by atoms with E-state index >= 15 is 0 Å². The lowest BCUT2D eigenvalue weighted by molar-refractivity contribution is -0.161. The summed E-state index contributed by atoms with van der Waals surface area (Å²) >= 11 is 0. The van der Waals surface area contributed by atoms with Crippen LogP contribution in [0.3, 0.4) is 0 Å². The van der Waals surface area contributed by atoms with Gasteiger partial charge in [-0.05, 0) is 148 Å². The second-order valence-corrected chi connectivity index (χ2v) is 29.1. The molecule has 3 N–H and O–H groups in total. The van der Waals surface area contributed by atoms with E-state index in [0.29, 0.717) is 25.7 Å². The standard InChI is InChI=1S/C83H142O17P2/c1-5-9-13-17-21-25-29-33-36-37-38-39-42-45-48-52-56-60-64-68-81(86)94-74-79(100-83(88)70-66-62-58-54-50-46-41-35-31-27-23-19-15-11-7-3)76-98-102(91,92)96-72-77(84)71-95-101(89,90)97-75-78(99-82(87)69-65-61-57-53-49-43-32-28-24-20-16-12-8-4)73-93-80(85)67-63-59-55-51-47-44-40-34-30-26-22-18-14-10-6-2/h9-10,13-14,16,20-22,25-26,28,32-36,38-41,77-79,84H,5-8,11-12,15,17-19,23-24,27,29-31,37,42-76H2,1-4H3,(H,89,90)(H,91,92)/b13-9-,14-10-,20-16-,25-21-,26-22-,32-28-,36-33-,39-38-,40-34-,41-35-. The van der Waals surface area contributed by atoms with Crippen molar-refractivity contribution in [2.75, 3.05) is 39.6 Å². The van der Waals surface area contributed by atoms with Crippen molar-refractivity contribution in [3.63, 3.8) is 0 Å². The second kappa shape index (κ2) is 74.7. The van der Waals surface area contributed by atoms with Crippen LogP contribution in [0.5, 0.6) is 0 Å². The topological polar surface area (TPSA) is 237 Å². The van der Waals surface area contributed by atoms with Gasteiger partial charge in [0.1, 0.15) is 19.3 Å². The first kappa shape index (κ1) is 97.5. The number of carbonyl (C=O) groups excluding carboxylic acids is 4. The third kappa shape index (κ3) is 73.8. The van der Waals surface area contributed by atoms with Gasteiger partial charge in [-0.3, -0.25) is 37.3 Å². The molecule has 5 unspecified atom stereocenters. The number of phosphoric acid groups is 2. The first-order valence-corrected chi connectivity index (χ1v) is 42.8. The van der Waals surface area contributed by atoms with Gasteiger partial charge in [0.2, 0.25) is 0 Å². The van der Waals surface area contributed by atoms with Gasteiger partial charge in [-0.1, -0.05) is 271 Å². The van der Waals surface area contributed by atoms with Crippen LogP contribution in [0.1, 0.15) is 323 Å². The van der Waals surface area contributed by atoms with Gasteiger partial charge in [0.05, 0.1) is 26.4 Å². The van der Waals surface area contributed by atoms with Gasteiger partial charge < -0.3 is 33.8 Å². The number of rotatable bonds is 74. The highest BCUT2D eigenvalue weighted by molar-refractivity contribution is 7.47. The molecule has 0 saturated heterocycles. The number of esters is 4. The average molecular weight is 1470 g/mol. The summed E-state index contributed by atoms with van der Waals surface area (Å²) in [6, 6.07) is 0. The molecule has 0 radical (unpaired) electrons. The molecule has 0 aromatic rings. The van der Waals surface area contributed by atoms with Crippen LogP contribution in [0.2, 0.25) is 0 Å². The lowest BCUT2D eigenvalue weighted by Gasteiger charge is -2.21. The Labute approximate surface area is 619 Å². The number of carbonyl (C=O) groups is 4. The molecule has 0 spiro atoms. The van der Waals surface area contributed by atoms with Crippen molar-refractivity contribution in [3.05, 3.63) is 122 Å². The summed E-state index contributed by atoms with van der Waals surface area (Å²) in [4.78, 5) is 73.0. The molecule has 586 valence electrons. The molecule has 19 heteroatoms. The van der Waals surface area contributed by atoms with Crippen molar-refractivity contribution >= 4 is 39.5 Å². The molecule has 0 saturated carbocycles. The van der Waals surface area contributed by atoms with Gasteiger partial charge in [0.25, 0.3) is 0 Å². The third-order valence-electron chi connectivity index (χ3n) is 16.4. The molecule has 0 aromatic heterocycles. The fourth-order valence-electron chi connectivity index (χ4n) is 10.4. The maximum absolute atomic E-state index is 13.1. The molecular formula is C83H142O17P2. The number of hydrogen-bond acceptors (Lipinski definition) is 15. The van der Waals surface area contributed by atoms with Crippen LogP contribution < -0.4 is 0 Å². The van der Waals surface area contributed by atoms with Crippen LogP contribution in [0.25, 0.3) is 0 Å². The highest BCUT2D eigenvalue weighted by atomic mass is 31.2. The minimum Gasteiger partial charge on any atom is -0.462 e. The largest absolute Gasteiger partial charge is 0.472 e. The Morgan fingerprint density at radius 1 is 0.284 bits per heavy atom. The van der Waals surface area contributed by atoms with Crippen molar-refractivity contribution in [2.45, 2.75) is 341 Å². The first-order chi connectivity index (χ1) is 49.7. The predicted octanol–water partition coefficient (Wildman–Crippen LogP) is 23.1. The molecule has 0 aliphatic carbocycles. The zero-order valence-corrected chi connectivity index (χ0v) is 65.8. The van der Waals surface area contributed by atoms with E-state index in [1.807, 2.05) is 0 Å². The summed E-state index contributed by atoms with van der Waals surface area (Å²) in [5.41, 5.74) is 0. The molecule has 0 aliphatic rings. The van der Waals surface area contributed by atoms with E-state index in [1.165, 1.54) is 38.5 Å². The maximum Gasteiger partial charge on any atom is 0.472 e. The summed E-state index contributed by atoms with van der Waals surface area (Å²) in [5, 5.41) is 10.6. The number of allylic oxidation sites excluding steroid dienone is 20. The normalized spacial score (nSPS) is 14.5. The Kier molecular flexibility index (Phi) is 71.4. The average Bonchev–Trinajstić information content (AvgIpc) is 0.924. The van der Waals surface area contributed by atoms with Crippen LogP contribution in [0.4, 0.5) is 0 Å². The SMILES string of the molecule is CC/C=C\C/C=C\C/C=C\C/C=C\CCCCCCCCC(=O)OCC(COP(=O)(O)OCC(O)COP(=O)(O)OCC(COC(=O)CCCCCCC/C=C\C/C=C\C/C=C\CC)OC(=O)CCCCCCC/C=C\C/C=C\CCC)OC(=O)CCCCCCC/C=C\CCCCCCCC. The minimum absolute atomic E-state index is 0.0728. The molecule has 0 heterocycles. The fraction of sp³-hybridized carbons (Fsp3) is 0.711. The Balaban J connectivity index is 5.38. The zero-order chi connectivity index (χ0) is 74.6. The smallest absolute Gasteiger partial charge is 0.462 e. The lowest BCUT2D eigenvalue weighted by Crippen LogP contribution is -2.30. The summed E-state index contributed by atoms with van der Waals surface area (Å²) in [7, 11) is -9.97. The Bertz CT molecular complexity index is 2410. The molecule has 0 rings (SSSR count). The monoisotopic (exact) mass is 1470 g/mol. The molecular weight excluding hydrogens is 1330 g/mol. The van der Waals surface area contributed by atoms with Crippen LogP contribution >= 0.6 is 15.6 Å². The van der Waals surface area contributed by atoms with Crippen molar-refractivity contribution in [2.24, 2.45) is 0 Å². The lowest BCUT2D eigenvalue weighted by atomic mass is 10.1. The molecule has 0 fully saturated rings. The quantitative estimate of drug-likeness (QED) is 0.0169. The van der Waals surface area contributed by atoms with E-state index in [1.54, 1.807) is 0 Å². The van der Waals surface area contributed by atoms with E-state index in [-0.39, 0.29) is 25.7 Å². The number of aliphatic hydroxyl groups is 1. The number of phosphoric ester groups is 2. The summed E-state index contributed by atoms with van der Waals surface area (Å²) in [5.74, 6) is -2.23. The highest BCUT2D eigenvalue weighted by Gasteiger charge is 2.30. The summed E-state index contributed by atoms with van der Waals surface area (Å²) < 4.78 is 68.6. The van der Waals surface area contributed by atoms with Crippen molar-refractivity contribution < 1.29 is 80.2 Å². The third-order valence-corrected chi connectivity index (χ3v) is 18.3. The van der Waals surface area contributed by atoms with Crippen molar-refractivity contribution in [1.29, 1.82) is 0 Å². The molecule has 0 amide bonds. The molecule has 0 aliphatic heterocycles. The van der Waals surface area contributed by atoms with Crippen molar-refractivity contribution in [3.8, 4) is 0 Å². The second-order valence-electron chi connectivity index (χ2n) is 26.2. The van der Waals surface area contributed by atoms with E-state index in [0.717, 1.165) is 205 Å². The molecule has 5 atom stereocenters. The van der Waals surface area contributed by atoms with Gasteiger partial charge >= 0.3 is 39.5 Å². The Hall–Kier alpha value is -4.54. The van der Waals surface area contributed by atoms with Crippen molar-refractivity contribution in [1.82, 2.24) is 0 Å². The van der Waals surface area contributed by atoms with Crippen LogP contribution in [0.15, 0.2) is 122 Å². The van der Waals surface area contributed by atoms with Crippen LogP contribution in [-0.2, 0) is 65.4 Å². The number of ether oxygens (including phenoxy) is 4. The molecule has 0 aromatic carbocycles.